The highest BCUT2D eigenvalue weighted by atomic mass is 16.5. The number of rotatable bonds is 8. The summed E-state index contributed by atoms with van der Waals surface area (Å²) in [5, 5.41) is 8.18. The quantitative estimate of drug-likeness (QED) is 0.528. The molecule has 0 saturated carbocycles. The van der Waals surface area contributed by atoms with E-state index in [0.717, 1.165) is 22.3 Å². The third-order valence-corrected chi connectivity index (χ3v) is 6.77. The van der Waals surface area contributed by atoms with Crippen molar-refractivity contribution in [3.63, 3.8) is 0 Å². The highest BCUT2D eigenvalue weighted by Gasteiger charge is 2.36. The standard InChI is InChI=1S/C28H37N3O4/c1-7-17(2)23(25(32)31-24(26(33)29-6)28(3,4)5)30-27(34)35-16-22-20-14-10-8-12-18(20)19-13-9-11-15-21(19)22/h8-15,17,22-24H,7,16H2,1-6H3,(H,29,33)(H,30,34)(H,31,32)/t17?,23-,24+/m0/s1. The van der Waals surface area contributed by atoms with E-state index in [4.69, 9.17) is 4.74 Å². The second-order valence-electron chi connectivity index (χ2n) is 10.3. The molecule has 0 saturated heterocycles. The van der Waals surface area contributed by atoms with Crippen LogP contribution in [0.25, 0.3) is 11.1 Å². The predicted octanol–water partition coefficient (Wildman–Crippen LogP) is 4.22. The fourth-order valence-corrected chi connectivity index (χ4v) is 4.52. The van der Waals surface area contributed by atoms with Crippen LogP contribution in [0.2, 0.25) is 0 Å². The van der Waals surface area contributed by atoms with Gasteiger partial charge in [-0.15, -0.1) is 0 Å². The molecule has 3 N–H and O–H groups in total. The maximum absolute atomic E-state index is 13.2. The SMILES string of the molecule is CCC(C)[C@H](NC(=O)OCC1c2ccccc2-c2ccccc21)C(=O)N[C@H](C(=O)NC)C(C)(C)C. The number of hydrogen-bond acceptors (Lipinski definition) is 4. The van der Waals surface area contributed by atoms with Crippen LogP contribution in [0.5, 0.6) is 0 Å². The number of carbonyl (C=O) groups excluding carboxylic acids is 3. The summed E-state index contributed by atoms with van der Waals surface area (Å²) < 4.78 is 5.65. The normalized spacial score (nSPS) is 15.3. The van der Waals surface area contributed by atoms with Gasteiger partial charge in [0.1, 0.15) is 18.7 Å². The molecule has 3 rings (SSSR count). The van der Waals surface area contributed by atoms with E-state index >= 15 is 0 Å². The van der Waals surface area contributed by atoms with Crippen molar-refractivity contribution >= 4 is 17.9 Å². The van der Waals surface area contributed by atoms with Gasteiger partial charge in [0, 0.05) is 13.0 Å². The van der Waals surface area contributed by atoms with Crippen LogP contribution in [0, 0.1) is 11.3 Å². The topological polar surface area (TPSA) is 96.5 Å². The molecule has 1 aliphatic carbocycles. The van der Waals surface area contributed by atoms with Crippen molar-refractivity contribution in [2.45, 2.75) is 59.0 Å². The van der Waals surface area contributed by atoms with Crippen molar-refractivity contribution in [1.82, 2.24) is 16.0 Å². The van der Waals surface area contributed by atoms with Gasteiger partial charge in [-0.2, -0.15) is 0 Å². The van der Waals surface area contributed by atoms with Crippen molar-refractivity contribution in [2.75, 3.05) is 13.7 Å². The van der Waals surface area contributed by atoms with Crippen LogP contribution in [0.3, 0.4) is 0 Å². The first kappa shape index (κ1) is 26.3. The molecule has 0 heterocycles. The second kappa shape index (κ2) is 10.9. The highest BCUT2D eigenvalue weighted by Crippen LogP contribution is 2.44. The Morgan fingerprint density at radius 2 is 1.46 bits per heavy atom. The predicted molar refractivity (Wildman–Crippen MR) is 137 cm³/mol. The first-order valence-corrected chi connectivity index (χ1v) is 12.2. The van der Waals surface area contributed by atoms with Crippen LogP contribution in [-0.2, 0) is 14.3 Å². The van der Waals surface area contributed by atoms with Crippen molar-refractivity contribution < 1.29 is 19.1 Å². The lowest BCUT2D eigenvalue weighted by molar-refractivity contribution is -0.132. The molecular formula is C28H37N3O4. The molecule has 1 unspecified atom stereocenters. The van der Waals surface area contributed by atoms with Gasteiger partial charge in [-0.25, -0.2) is 4.79 Å². The minimum Gasteiger partial charge on any atom is -0.449 e. The first-order chi connectivity index (χ1) is 16.6. The molecule has 0 aliphatic heterocycles. The van der Waals surface area contributed by atoms with Crippen molar-refractivity contribution in [1.29, 1.82) is 0 Å². The van der Waals surface area contributed by atoms with Crippen molar-refractivity contribution in [3.05, 3.63) is 59.7 Å². The molecule has 0 fully saturated rings. The van der Waals surface area contributed by atoms with E-state index in [1.807, 2.05) is 58.9 Å². The zero-order chi connectivity index (χ0) is 25.8. The largest absolute Gasteiger partial charge is 0.449 e. The summed E-state index contributed by atoms with van der Waals surface area (Å²) in [5.74, 6) is -0.908. The Bertz CT molecular complexity index is 1030. The zero-order valence-corrected chi connectivity index (χ0v) is 21.5. The Morgan fingerprint density at radius 3 is 1.94 bits per heavy atom. The number of carbonyl (C=O) groups is 3. The van der Waals surface area contributed by atoms with Crippen molar-refractivity contribution in [2.24, 2.45) is 11.3 Å². The van der Waals surface area contributed by atoms with Gasteiger partial charge in [-0.1, -0.05) is 89.6 Å². The smallest absolute Gasteiger partial charge is 0.407 e. The van der Waals surface area contributed by atoms with Gasteiger partial charge in [-0.3, -0.25) is 9.59 Å². The minimum atomic E-state index is -0.829. The number of benzene rings is 2. The molecule has 2 aromatic rings. The molecule has 188 valence electrons. The average Bonchev–Trinajstić information content (AvgIpc) is 3.16. The van der Waals surface area contributed by atoms with E-state index in [0.29, 0.717) is 6.42 Å². The number of nitrogens with one attached hydrogen (secondary N) is 3. The molecule has 3 atom stereocenters. The molecule has 7 nitrogen and oxygen atoms in total. The number of hydrogen-bond donors (Lipinski definition) is 3. The molecule has 7 heteroatoms. The molecule has 3 amide bonds. The molecule has 0 spiro atoms. The Labute approximate surface area is 208 Å². The van der Waals surface area contributed by atoms with E-state index in [2.05, 4.69) is 40.2 Å². The summed E-state index contributed by atoms with van der Waals surface area (Å²) in [7, 11) is 1.54. The van der Waals surface area contributed by atoms with Gasteiger partial charge in [-0.05, 0) is 33.6 Å². The third-order valence-electron chi connectivity index (χ3n) is 6.77. The maximum Gasteiger partial charge on any atom is 0.407 e. The van der Waals surface area contributed by atoms with Gasteiger partial charge in [0.05, 0.1) is 0 Å². The lowest BCUT2D eigenvalue weighted by Crippen LogP contribution is -2.59. The van der Waals surface area contributed by atoms with Crippen LogP contribution in [-0.4, -0.2) is 43.6 Å². The zero-order valence-electron chi connectivity index (χ0n) is 21.5. The molecule has 0 radical (unpaired) electrons. The molecule has 0 bridgehead atoms. The maximum atomic E-state index is 13.2. The molecular weight excluding hydrogens is 442 g/mol. The summed E-state index contributed by atoms with van der Waals surface area (Å²) >= 11 is 0. The monoisotopic (exact) mass is 479 g/mol. The highest BCUT2D eigenvalue weighted by molar-refractivity contribution is 5.91. The molecule has 2 aromatic carbocycles. The fourth-order valence-electron chi connectivity index (χ4n) is 4.52. The fraction of sp³-hybridized carbons (Fsp3) is 0.464. The summed E-state index contributed by atoms with van der Waals surface area (Å²) in [6.45, 7) is 9.64. The average molecular weight is 480 g/mol. The molecule has 0 aromatic heterocycles. The van der Waals surface area contributed by atoms with E-state index in [-0.39, 0.29) is 24.3 Å². The summed E-state index contributed by atoms with van der Waals surface area (Å²) in [6.07, 6.45) is 0.0154. The molecule has 35 heavy (non-hydrogen) atoms. The third kappa shape index (κ3) is 5.84. The summed E-state index contributed by atoms with van der Waals surface area (Å²) in [4.78, 5) is 38.4. The van der Waals surface area contributed by atoms with Gasteiger partial charge in [0.2, 0.25) is 11.8 Å². The Morgan fingerprint density at radius 1 is 0.914 bits per heavy atom. The van der Waals surface area contributed by atoms with Crippen LogP contribution in [0.15, 0.2) is 48.5 Å². The summed E-state index contributed by atoms with van der Waals surface area (Å²) in [5.41, 5.74) is 4.04. The van der Waals surface area contributed by atoms with E-state index in [1.54, 1.807) is 0 Å². The van der Waals surface area contributed by atoms with E-state index in [1.165, 1.54) is 7.05 Å². The van der Waals surface area contributed by atoms with Crippen molar-refractivity contribution in [3.8, 4) is 11.1 Å². The van der Waals surface area contributed by atoms with E-state index < -0.39 is 29.5 Å². The van der Waals surface area contributed by atoms with Gasteiger partial charge in [0.25, 0.3) is 0 Å². The Kier molecular flexibility index (Phi) is 8.20. The lowest BCUT2D eigenvalue weighted by atomic mass is 9.85. The second-order valence-corrected chi connectivity index (χ2v) is 10.3. The summed E-state index contributed by atoms with van der Waals surface area (Å²) in [6, 6.07) is 14.7. The number of alkyl carbamates (subject to hydrolysis) is 1. The first-order valence-electron chi connectivity index (χ1n) is 12.2. The van der Waals surface area contributed by atoms with Gasteiger partial charge >= 0.3 is 6.09 Å². The molecule has 1 aliphatic rings. The van der Waals surface area contributed by atoms with Crippen LogP contribution < -0.4 is 16.0 Å². The van der Waals surface area contributed by atoms with E-state index in [9.17, 15) is 14.4 Å². The number of fused-ring (bicyclic) bond motifs is 3. The lowest BCUT2D eigenvalue weighted by Gasteiger charge is -2.32. The van der Waals surface area contributed by atoms with Crippen LogP contribution in [0.4, 0.5) is 4.79 Å². The number of amides is 3. The Hall–Kier alpha value is -3.35. The number of ether oxygens (including phenoxy) is 1. The Balaban J connectivity index is 1.71. The van der Waals surface area contributed by atoms with Gasteiger partial charge in [0.15, 0.2) is 0 Å². The number of likely N-dealkylation sites (N-methyl/N-ethyl adjacent to an activating group) is 1. The van der Waals surface area contributed by atoms with Crippen LogP contribution in [0.1, 0.15) is 58.1 Å². The van der Waals surface area contributed by atoms with Gasteiger partial charge < -0.3 is 20.7 Å². The van der Waals surface area contributed by atoms with Crippen LogP contribution >= 0.6 is 0 Å². The minimum absolute atomic E-state index is 0.0671.